The predicted octanol–water partition coefficient (Wildman–Crippen LogP) is 3.22. The van der Waals surface area contributed by atoms with Crippen LogP contribution in [0, 0.1) is 11.8 Å². The first-order valence-electron chi connectivity index (χ1n) is 9.73. The maximum atomic E-state index is 13.3. The van der Waals surface area contributed by atoms with E-state index in [0.29, 0.717) is 11.9 Å². The first-order chi connectivity index (χ1) is 12.1. The summed E-state index contributed by atoms with van der Waals surface area (Å²) >= 11 is 6.41. The number of allylic oxidation sites excluding steroid dienone is 3. The maximum Gasteiger partial charge on any atom is 0.230 e. The van der Waals surface area contributed by atoms with Crippen molar-refractivity contribution < 1.29 is 9.90 Å². The molecule has 0 aromatic heterocycles. The van der Waals surface area contributed by atoms with Gasteiger partial charge >= 0.3 is 0 Å². The second-order valence-corrected chi connectivity index (χ2v) is 8.50. The van der Waals surface area contributed by atoms with Crippen LogP contribution in [0.5, 0.6) is 0 Å². The molecule has 3 fully saturated rings. The van der Waals surface area contributed by atoms with E-state index >= 15 is 0 Å². The molecule has 1 amide bonds. The van der Waals surface area contributed by atoms with Crippen LogP contribution in [0.1, 0.15) is 51.4 Å². The van der Waals surface area contributed by atoms with Crippen molar-refractivity contribution in [3.05, 3.63) is 29.3 Å². The minimum Gasteiger partial charge on any atom is -0.393 e. The third-order valence-corrected chi connectivity index (χ3v) is 6.85. The Bertz CT molecular complexity index is 595. The number of rotatable bonds is 2. The summed E-state index contributed by atoms with van der Waals surface area (Å²) < 4.78 is 0. The lowest BCUT2D eigenvalue weighted by Crippen LogP contribution is -2.49. The lowest BCUT2D eigenvalue weighted by molar-refractivity contribution is -0.141. The van der Waals surface area contributed by atoms with Crippen molar-refractivity contribution in [1.29, 1.82) is 0 Å². The van der Waals surface area contributed by atoms with E-state index in [-0.39, 0.29) is 11.5 Å². The number of halogens is 1. The van der Waals surface area contributed by atoms with E-state index in [2.05, 4.69) is 22.3 Å². The molecular weight excluding hydrogens is 336 g/mol. The standard InChI is InChI=1S/C20H28ClN2O2/c21-17-4-1-2-5-18(17)22-12-3-10-20(14-22)11-13-23(19(20)25)15-6-8-16(24)9-7-15/h1,4-5,15-16,24H,2-3,6-14H2/t15-,16-,20-/m1/s1. The fraction of sp³-hybridized carbons (Fsp3) is 0.700. The highest BCUT2D eigenvalue weighted by atomic mass is 35.5. The van der Waals surface area contributed by atoms with Gasteiger partial charge in [-0.1, -0.05) is 23.8 Å². The van der Waals surface area contributed by atoms with E-state index < -0.39 is 0 Å². The molecular formula is C20H28ClN2O2. The number of amides is 1. The third kappa shape index (κ3) is 3.23. The molecule has 2 saturated heterocycles. The Labute approximate surface area is 155 Å². The molecule has 0 aromatic rings. The summed E-state index contributed by atoms with van der Waals surface area (Å²) in [5.74, 6) is 0.349. The molecule has 5 heteroatoms. The van der Waals surface area contributed by atoms with Crippen molar-refractivity contribution in [3.8, 4) is 0 Å². The number of aliphatic hydroxyl groups excluding tert-OH is 1. The molecule has 0 unspecified atom stereocenters. The molecule has 1 saturated carbocycles. The zero-order valence-electron chi connectivity index (χ0n) is 14.8. The summed E-state index contributed by atoms with van der Waals surface area (Å²) in [7, 11) is 0. The lowest BCUT2D eigenvalue weighted by atomic mass is 9.78. The molecule has 0 aromatic carbocycles. The lowest BCUT2D eigenvalue weighted by Gasteiger charge is -2.42. The van der Waals surface area contributed by atoms with Crippen molar-refractivity contribution in [3.63, 3.8) is 0 Å². The van der Waals surface area contributed by atoms with Crippen molar-refractivity contribution in [2.24, 2.45) is 5.41 Å². The van der Waals surface area contributed by atoms with Crippen molar-refractivity contribution in [1.82, 2.24) is 9.80 Å². The quantitative estimate of drug-likeness (QED) is 0.819. The molecule has 1 spiro atoms. The van der Waals surface area contributed by atoms with Crippen molar-refractivity contribution in [2.45, 2.75) is 63.5 Å². The average Bonchev–Trinajstić information content (AvgIpc) is 2.92. The van der Waals surface area contributed by atoms with Crippen LogP contribution in [0.15, 0.2) is 22.9 Å². The number of carbonyl (C=O) groups is 1. The SMILES string of the molecule is O=C1N([C@H]2CC[C@H](O)CC2)CC[C@@]12CCCN(C1=CC[CH]C=C1Cl)C2. The highest BCUT2D eigenvalue weighted by molar-refractivity contribution is 6.32. The van der Waals surface area contributed by atoms with Gasteiger partial charge in [0, 0.05) is 25.7 Å². The van der Waals surface area contributed by atoms with Crippen LogP contribution in [-0.4, -0.2) is 52.6 Å². The molecule has 137 valence electrons. The predicted molar refractivity (Wildman–Crippen MR) is 98.8 cm³/mol. The van der Waals surface area contributed by atoms with Crippen LogP contribution >= 0.6 is 11.6 Å². The van der Waals surface area contributed by atoms with Gasteiger partial charge in [0.05, 0.1) is 22.2 Å². The van der Waals surface area contributed by atoms with Gasteiger partial charge in [0.15, 0.2) is 0 Å². The molecule has 4 nitrogen and oxygen atoms in total. The fourth-order valence-corrected chi connectivity index (χ4v) is 5.38. The summed E-state index contributed by atoms with van der Waals surface area (Å²) in [6, 6.07) is 0.331. The van der Waals surface area contributed by atoms with Gasteiger partial charge in [-0.2, -0.15) is 0 Å². The zero-order chi connectivity index (χ0) is 17.4. The summed E-state index contributed by atoms with van der Waals surface area (Å²) in [5, 5.41) is 10.5. The van der Waals surface area contributed by atoms with E-state index in [1.54, 1.807) is 0 Å². The second kappa shape index (κ2) is 6.96. The highest BCUT2D eigenvalue weighted by Crippen LogP contribution is 2.44. The Morgan fingerprint density at radius 2 is 1.96 bits per heavy atom. The number of carbonyl (C=O) groups excluding carboxylic acids is 1. The normalized spacial score (nSPS) is 36.6. The first kappa shape index (κ1) is 17.4. The molecule has 1 atom stereocenters. The van der Waals surface area contributed by atoms with Gasteiger partial charge in [-0.05, 0) is 57.8 Å². The molecule has 2 aliphatic heterocycles. The van der Waals surface area contributed by atoms with Crippen molar-refractivity contribution in [2.75, 3.05) is 19.6 Å². The second-order valence-electron chi connectivity index (χ2n) is 8.09. The van der Waals surface area contributed by atoms with Crippen molar-refractivity contribution >= 4 is 17.5 Å². The number of hydrogen-bond acceptors (Lipinski definition) is 3. The van der Waals surface area contributed by atoms with Crippen LogP contribution in [0.3, 0.4) is 0 Å². The van der Waals surface area contributed by atoms with E-state index in [0.717, 1.165) is 81.7 Å². The van der Waals surface area contributed by atoms with Gasteiger partial charge in [-0.25, -0.2) is 0 Å². The smallest absolute Gasteiger partial charge is 0.230 e. The van der Waals surface area contributed by atoms with Crippen LogP contribution in [0.2, 0.25) is 0 Å². The summed E-state index contributed by atoms with van der Waals surface area (Å²) in [5.41, 5.74) is 0.878. The molecule has 2 aliphatic carbocycles. The third-order valence-electron chi connectivity index (χ3n) is 6.53. The molecule has 25 heavy (non-hydrogen) atoms. The van der Waals surface area contributed by atoms with Crippen LogP contribution in [0.25, 0.3) is 0 Å². The largest absolute Gasteiger partial charge is 0.393 e. The minimum atomic E-state index is -0.229. The molecule has 1 N–H and O–H groups in total. The Morgan fingerprint density at radius 3 is 2.72 bits per heavy atom. The number of likely N-dealkylation sites (tertiary alicyclic amines) is 2. The maximum absolute atomic E-state index is 13.3. The fourth-order valence-electron chi connectivity index (χ4n) is 5.10. The highest BCUT2D eigenvalue weighted by Gasteiger charge is 2.50. The molecule has 0 bridgehead atoms. The van der Waals surface area contributed by atoms with Gasteiger partial charge in [0.25, 0.3) is 0 Å². The number of piperidine rings is 1. The van der Waals surface area contributed by atoms with Gasteiger partial charge in [0.1, 0.15) is 0 Å². The number of hydrogen-bond donors (Lipinski definition) is 1. The van der Waals surface area contributed by atoms with Crippen LogP contribution in [0.4, 0.5) is 0 Å². The molecule has 1 radical (unpaired) electrons. The van der Waals surface area contributed by atoms with E-state index in [4.69, 9.17) is 11.6 Å². The Hall–Kier alpha value is -1.00. The van der Waals surface area contributed by atoms with E-state index in [1.807, 2.05) is 6.08 Å². The number of nitrogens with zero attached hydrogens (tertiary/aromatic N) is 2. The monoisotopic (exact) mass is 363 g/mol. The van der Waals surface area contributed by atoms with E-state index in [1.165, 1.54) is 0 Å². The summed E-state index contributed by atoms with van der Waals surface area (Å²) in [4.78, 5) is 17.8. The molecule has 4 aliphatic rings. The van der Waals surface area contributed by atoms with Gasteiger partial charge in [-0.15, -0.1) is 0 Å². The summed E-state index contributed by atoms with van der Waals surface area (Å²) in [6.45, 7) is 2.66. The number of aliphatic hydroxyl groups is 1. The van der Waals surface area contributed by atoms with Crippen LogP contribution < -0.4 is 0 Å². The van der Waals surface area contributed by atoms with Gasteiger partial charge < -0.3 is 14.9 Å². The first-order valence-corrected chi connectivity index (χ1v) is 10.1. The topological polar surface area (TPSA) is 43.8 Å². The summed E-state index contributed by atoms with van der Waals surface area (Å²) in [6.07, 6.45) is 13.5. The molecule has 4 rings (SSSR count). The van der Waals surface area contributed by atoms with Gasteiger partial charge in [0.2, 0.25) is 5.91 Å². The Morgan fingerprint density at radius 1 is 1.16 bits per heavy atom. The van der Waals surface area contributed by atoms with E-state index in [9.17, 15) is 9.90 Å². The Kier molecular flexibility index (Phi) is 4.85. The molecule has 2 heterocycles. The van der Waals surface area contributed by atoms with Crippen LogP contribution in [-0.2, 0) is 4.79 Å². The Balaban J connectivity index is 1.47. The average molecular weight is 364 g/mol. The zero-order valence-corrected chi connectivity index (χ0v) is 15.5. The minimum absolute atomic E-state index is 0.169. The van der Waals surface area contributed by atoms with Gasteiger partial charge in [-0.3, -0.25) is 4.79 Å².